The van der Waals surface area contributed by atoms with Gasteiger partial charge in [0.05, 0.1) is 42.9 Å². The van der Waals surface area contributed by atoms with Gasteiger partial charge in [0.2, 0.25) is 5.91 Å². The van der Waals surface area contributed by atoms with Crippen molar-refractivity contribution < 1.29 is 28.7 Å². The van der Waals surface area contributed by atoms with Gasteiger partial charge in [-0.3, -0.25) is 14.9 Å². The Labute approximate surface area is 173 Å². The summed E-state index contributed by atoms with van der Waals surface area (Å²) in [5, 5.41) is 12.2. The lowest BCUT2D eigenvalue weighted by atomic mass is 10.1. The maximum Gasteiger partial charge on any atom is 0.412 e. The van der Waals surface area contributed by atoms with Gasteiger partial charge in [-0.15, -0.1) is 0 Å². The first-order valence-electron chi connectivity index (χ1n) is 8.91. The number of aromatic nitrogens is 2. The molecule has 30 heavy (non-hydrogen) atoms. The van der Waals surface area contributed by atoms with Gasteiger partial charge in [-0.25, -0.2) is 9.59 Å². The van der Waals surface area contributed by atoms with Crippen LogP contribution in [0.15, 0.2) is 36.7 Å². The van der Waals surface area contributed by atoms with Crippen molar-refractivity contribution in [2.45, 2.75) is 32.8 Å². The molecule has 0 fully saturated rings. The number of carbonyl (C=O) groups is 4. The van der Waals surface area contributed by atoms with Gasteiger partial charge >= 0.3 is 12.1 Å². The molecular formula is C20H22N4O6. The summed E-state index contributed by atoms with van der Waals surface area (Å²) >= 11 is 0. The number of anilines is 2. The predicted molar refractivity (Wildman–Crippen MR) is 107 cm³/mol. The van der Waals surface area contributed by atoms with Crippen LogP contribution >= 0.6 is 0 Å². The largest absolute Gasteiger partial charge is 0.465 e. The molecule has 1 aromatic heterocycles. The number of ketones is 1. The molecule has 0 spiro atoms. The first-order valence-corrected chi connectivity index (χ1v) is 8.91. The van der Waals surface area contributed by atoms with Crippen molar-refractivity contribution >= 4 is 35.1 Å². The molecule has 0 unspecified atom stereocenters. The number of carbonyl (C=O) groups excluding carboxylic acids is 4. The van der Waals surface area contributed by atoms with Crippen molar-refractivity contribution in [1.29, 1.82) is 0 Å². The molecule has 10 heteroatoms. The maximum atomic E-state index is 12.4. The number of methoxy groups -OCH3 is 1. The van der Waals surface area contributed by atoms with E-state index in [2.05, 4.69) is 25.6 Å². The zero-order valence-electron chi connectivity index (χ0n) is 17.0. The molecule has 2 aromatic rings. The summed E-state index contributed by atoms with van der Waals surface area (Å²) in [6.45, 7) is 5.11. The van der Waals surface area contributed by atoms with Gasteiger partial charge < -0.3 is 14.8 Å². The topological polar surface area (TPSA) is 137 Å². The molecule has 0 aliphatic rings. The third-order valence-electron chi connectivity index (χ3n) is 3.58. The Bertz CT molecular complexity index is 954. The fourth-order valence-corrected chi connectivity index (χ4v) is 2.31. The van der Waals surface area contributed by atoms with E-state index < -0.39 is 35.8 Å². The number of hydrogen-bond acceptors (Lipinski definition) is 8. The summed E-state index contributed by atoms with van der Waals surface area (Å²) in [5.74, 6) is -1.74. The predicted octanol–water partition coefficient (Wildman–Crippen LogP) is 2.82. The monoisotopic (exact) mass is 414 g/mol. The Kier molecular flexibility index (Phi) is 7.18. The highest BCUT2D eigenvalue weighted by Crippen LogP contribution is 2.25. The molecule has 1 aromatic carbocycles. The molecule has 0 saturated heterocycles. The van der Waals surface area contributed by atoms with E-state index in [-0.39, 0.29) is 22.5 Å². The average Bonchev–Trinajstić information content (AvgIpc) is 2.67. The molecule has 1 heterocycles. The minimum Gasteiger partial charge on any atom is -0.465 e. The highest BCUT2D eigenvalue weighted by atomic mass is 16.6. The summed E-state index contributed by atoms with van der Waals surface area (Å²) in [7, 11) is 1.22. The van der Waals surface area contributed by atoms with Gasteiger partial charge in [-0.05, 0) is 45.0 Å². The van der Waals surface area contributed by atoms with Crippen LogP contribution in [0.4, 0.5) is 16.2 Å². The van der Waals surface area contributed by atoms with Gasteiger partial charge in [0.15, 0.2) is 5.78 Å². The van der Waals surface area contributed by atoms with Crippen LogP contribution in [0.3, 0.4) is 0 Å². The van der Waals surface area contributed by atoms with E-state index in [4.69, 9.17) is 4.74 Å². The maximum absolute atomic E-state index is 12.4. The molecule has 0 aliphatic carbocycles. The molecule has 10 nitrogen and oxygen atoms in total. The normalized spacial score (nSPS) is 10.7. The van der Waals surface area contributed by atoms with E-state index in [1.54, 1.807) is 20.8 Å². The number of nitrogens with one attached hydrogen (secondary N) is 2. The second-order valence-corrected chi connectivity index (χ2v) is 7.16. The molecule has 2 rings (SSSR count). The summed E-state index contributed by atoms with van der Waals surface area (Å²) in [4.78, 5) is 48.5. The molecule has 0 saturated carbocycles. The lowest BCUT2D eigenvalue weighted by molar-refractivity contribution is -0.115. The SMILES string of the molecule is COC(=O)c1ccc(NC(=O)OC(C)(C)C)c(NC(=O)CC(=O)c2ccnnc2)c1. The third kappa shape index (κ3) is 6.66. The highest BCUT2D eigenvalue weighted by Gasteiger charge is 2.20. The average molecular weight is 414 g/mol. The fourth-order valence-electron chi connectivity index (χ4n) is 2.31. The second-order valence-electron chi connectivity index (χ2n) is 7.16. The lowest BCUT2D eigenvalue weighted by Crippen LogP contribution is -2.27. The van der Waals surface area contributed by atoms with Gasteiger partial charge in [-0.1, -0.05) is 0 Å². The molecule has 2 amide bonds. The molecule has 158 valence electrons. The van der Waals surface area contributed by atoms with E-state index >= 15 is 0 Å². The van der Waals surface area contributed by atoms with E-state index in [9.17, 15) is 19.2 Å². The van der Waals surface area contributed by atoms with Gasteiger partial charge in [0, 0.05) is 5.56 Å². The third-order valence-corrected chi connectivity index (χ3v) is 3.58. The van der Waals surface area contributed by atoms with Crippen LogP contribution in [0.5, 0.6) is 0 Å². The first kappa shape index (κ1) is 22.5. The summed E-state index contributed by atoms with van der Waals surface area (Å²) in [6, 6.07) is 5.60. The smallest absolute Gasteiger partial charge is 0.412 e. The zero-order valence-corrected chi connectivity index (χ0v) is 17.0. The van der Waals surface area contributed by atoms with Crippen LogP contribution in [-0.4, -0.2) is 46.7 Å². The summed E-state index contributed by atoms with van der Waals surface area (Å²) < 4.78 is 9.88. The van der Waals surface area contributed by atoms with Gasteiger partial charge in [-0.2, -0.15) is 10.2 Å². The van der Waals surface area contributed by atoms with E-state index in [0.29, 0.717) is 0 Å². The minimum absolute atomic E-state index is 0.106. The lowest BCUT2D eigenvalue weighted by Gasteiger charge is -2.20. The van der Waals surface area contributed by atoms with Crippen molar-refractivity contribution in [3.63, 3.8) is 0 Å². The molecular weight excluding hydrogens is 392 g/mol. The molecule has 0 radical (unpaired) electrons. The Morgan fingerprint density at radius 3 is 2.30 bits per heavy atom. The molecule has 0 aliphatic heterocycles. The standard InChI is InChI=1S/C20H22N4O6/c1-20(2,3)30-19(28)24-14-6-5-12(18(27)29-4)9-15(14)23-17(26)10-16(25)13-7-8-21-22-11-13/h5-9,11H,10H2,1-4H3,(H,23,26)(H,24,28). The van der Waals surface area contributed by atoms with Gasteiger partial charge in [0.25, 0.3) is 0 Å². The number of ether oxygens (including phenoxy) is 2. The van der Waals surface area contributed by atoms with Crippen LogP contribution < -0.4 is 10.6 Å². The summed E-state index contributed by atoms with van der Waals surface area (Å²) in [6.07, 6.45) is 1.37. The van der Waals surface area contributed by atoms with Crippen molar-refractivity contribution in [3.8, 4) is 0 Å². The van der Waals surface area contributed by atoms with Crippen molar-refractivity contribution in [1.82, 2.24) is 10.2 Å². The minimum atomic E-state index is -0.747. The highest BCUT2D eigenvalue weighted by molar-refractivity contribution is 6.12. The van der Waals surface area contributed by atoms with Crippen molar-refractivity contribution in [2.24, 2.45) is 0 Å². The number of nitrogens with zero attached hydrogens (tertiary/aromatic N) is 2. The van der Waals surface area contributed by atoms with Crippen LogP contribution in [0.25, 0.3) is 0 Å². The first-order chi connectivity index (χ1) is 14.1. The number of hydrogen-bond donors (Lipinski definition) is 2. The van der Waals surface area contributed by atoms with Crippen molar-refractivity contribution in [3.05, 3.63) is 47.8 Å². The quantitative estimate of drug-likeness (QED) is 0.418. The van der Waals surface area contributed by atoms with Crippen LogP contribution in [-0.2, 0) is 14.3 Å². The van der Waals surface area contributed by atoms with Crippen LogP contribution in [0, 0.1) is 0 Å². The van der Waals surface area contributed by atoms with E-state index in [1.165, 1.54) is 43.8 Å². The van der Waals surface area contributed by atoms with Crippen molar-refractivity contribution in [2.75, 3.05) is 17.7 Å². The number of benzene rings is 1. The van der Waals surface area contributed by atoms with Crippen LogP contribution in [0.2, 0.25) is 0 Å². The summed E-state index contributed by atoms with van der Waals surface area (Å²) in [5.41, 5.74) is -0.0646. The number of Topliss-reactive ketones (excluding diaryl/α,β-unsaturated/α-hetero) is 1. The number of esters is 1. The molecule has 2 N–H and O–H groups in total. The Morgan fingerprint density at radius 2 is 1.70 bits per heavy atom. The van der Waals surface area contributed by atoms with Crippen LogP contribution in [0.1, 0.15) is 47.9 Å². The Morgan fingerprint density at radius 1 is 0.967 bits per heavy atom. The fraction of sp³-hybridized carbons (Fsp3) is 0.300. The second kappa shape index (κ2) is 9.59. The number of rotatable bonds is 6. The molecule has 0 bridgehead atoms. The molecule has 0 atom stereocenters. The zero-order chi connectivity index (χ0) is 22.3. The Hall–Kier alpha value is -3.82. The Balaban J connectivity index is 2.21. The van der Waals surface area contributed by atoms with E-state index in [0.717, 1.165) is 0 Å². The van der Waals surface area contributed by atoms with E-state index in [1.807, 2.05) is 0 Å². The van der Waals surface area contributed by atoms with Gasteiger partial charge in [0.1, 0.15) is 5.60 Å². The number of amides is 2.